The number of anilines is 1. The molecule has 198 valence electrons. The number of nitrogens with one attached hydrogen (secondary N) is 1. The summed E-state index contributed by atoms with van der Waals surface area (Å²) in [5, 5.41) is 3.93. The van der Waals surface area contributed by atoms with Gasteiger partial charge in [-0.25, -0.2) is 8.42 Å². The van der Waals surface area contributed by atoms with E-state index in [-0.39, 0.29) is 43.8 Å². The molecule has 0 aromatic heterocycles. The van der Waals surface area contributed by atoms with Crippen LogP contribution in [-0.4, -0.2) is 50.0 Å². The molecule has 0 saturated heterocycles. The van der Waals surface area contributed by atoms with Crippen LogP contribution in [0.4, 0.5) is 5.69 Å². The van der Waals surface area contributed by atoms with Crippen molar-refractivity contribution >= 4 is 50.7 Å². The fourth-order valence-electron chi connectivity index (χ4n) is 3.73. The van der Waals surface area contributed by atoms with E-state index in [1.165, 1.54) is 9.21 Å². The minimum absolute atomic E-state index is 0.0210. The van der Waals surface area contributed by atoms with Gasteiger partial charge in [-0.3, -0.25) is 13.9 Å². The second-order valence-electron chi connectivity index (χ2n) is 8.97. The van der Waals surface area contributed by atoms with Crippen molar-refractivity contribution in [3.05, 3.63) is 63.6 Å². The first-order chi connectivity index (χ1) is 16.8. The number of sulfonamides is 1. The maximum Gasteiger partial charge on any atom is 0.242 e. The van der Waals surface area contributed by atoms with Crippen LogP contribution in [0.15, 0.2) is 42.5 Å². The fourth-order valence-corrected chi connectivity index (χ4v) is 5.13. The highest BCUT2D eigenvalue weighted by atomic mass is 35.5. The number of amides is 2. The highest BCUT2D eigenvalue weighted by molar-refractivity contribution is 7.92. The monoisotopic (exact) mass is 555 g/mol. The van der Waals surface area contributed by atoms with Gasteiger partial charge in [-0.15, -0.1) is 0 Å². The Morgan fingerprint density at radius 1 is 1.08 bits per heavy atom. The van der Waals surface area contributed by atoms with E-state index < -0.39 is 16.1 Å². The third-order valence-electron chi connectivity index (χ3n) is 6.07. The van der Waals surface area contributed by atoms with Crippen molar-refractivity contribution in [2.45, 2.75) is 65.6 Å². The average molecular weight is 557 g/mol. The maximum atomic E-state index is 13.3. The molecule has 36 heavy (non-hydrogen) atoms. The Bertz CT molecular complexity index is 1170. The first-order valence-corrected chi connectivity index (χ1v) is 14.5. The number of rotatable bonds is 12. The summed E-state index contributed by atoms with van der Waals surface area (Å²) in [7, 11) is -3.60. The minimum atomic E-state index is -3.60. The van der Waals surface area contributed by atoms with Crippen LogP contribution < -0.4 is 9.62 Å². The van der Waals surface area contributed by atoms with E-state index in [0.717, 1.165) is 18.2 Å². The van der Waals surface area contributed by atoms with E-state index in [2.05, 4.69) is 5.32 Å². The Labute approximate surface area is 224 Å². The van der Waals surface area contributed by atoms with Crippen LogP contribution >= 0.6 is 23.2 Å². The lowest BCUT2D eigenvalue weighted by Crippen LogP contribution is -2.49. The van der Waals surface area contributed by atoms with Crippen molar-refractivity contribution in [3.63, 3.8) is 0 Å². The lowest BCUT2D eigenvalue weighted by atomic mass is 10.1. The summed E-state index contributed by atoms with van der Waals surface area (Å²) in [4.78, 5) is 27.7. The number of hydrogen-bond donors (Lipinski definition) is 1. The molecule has 2 aromatic carbocycles. The van der Waals surface area contributed by atoms with E-state index in [0.29, 0.717) is 21.3 Å². The van der Waals surface area contributed by atoms with Gasteiger partial charge in [0.2, 0.25) is 21.8 Å². The summed E-state index contributed by atoms with van der Waals surface area (Å²) < 4.78 is 26.3. The highest BCUT2D eigenvalue weighted by Crippen LogP contribution is 2.28. The van der Waals surface area contributed by atoms with Crippen molar-refractivity contribution in [1.82, 2.24) is 10.2 Å². The smallest absolute Gasteiger partial charge is 0.242 e. The van der Waals surface area contributed by atoms with Crippen LogP contribution in [0.5, 0.6) is 0 Å². The zero-order valence-corrected chi connectivity index (χ0v) is 23.8. The van der Waals surface area contributed by atoms with Gasteiger partial charge in [-0.05, 0) is 69.0 Å². The first-order valence-electron chi connectivity index (χ1n) is 11.9. The van der Waals surface area contributed by atoms with Crippen molar-refractivity contribution < 1.29 is 18.0 Å². The van der Waals surface area contributed by atoms with Crippen molar-refractivity contribution in [3.8, 4) is 0 Å². The Hall–Kier alpha value is -2.29. The third-order valence-corrected chi connectivity index (χ3v) is 7.89. The SMILES string of the molecule is CCC(C)NC(=O)C(C)N(Cc1cccc(Cl)c1)C(=O)CCCN(c1cccc(Cl)c1C)S(C)(=O)=O. The molecule has 10 heteroatoms. The number of carbonyl (C=O) groups is 2. The van der Waals surface area contributed by atoms with Crippen LogP contribution in [0.3, 0.4) is 0 Å². The summed E-state index contributed by atoms with van der Waals surface area (Å²) in [5.74, 6) is -0.495. The molecule has 0 aliphatic heterocycles. The first kappa shape index (κ1) is 29.9. The van der Waals surface area contributed by atoms with Gasteiger partial charge in [0.15, 0.2) is 0 Å². The number of nitrogens with zero attached hydrogens (tertiary/aromatic N) is 2. The Kier molecular flexibility index (Phi) is 11.1. The molecule has 0 bridgehead atoms. The zero-order chi connectivity index (χ0) is 27.0. The molecule has 7 nitrogen and oxygen atoms in total. The lowest BCUT2D eigenvalue weighted by Gasteiger charge is -2.30. The van der Waals surface area contributed by atoms with Gasteiger partial charge in [0.05, 0.1) is 11.9 Å². The summed E-state index contributed by atoms with van der Waals surface area (Å²) in [6.07, 6.45) is 2.23. The fraction of sp³-hybridized carbons (Fsp3) is 0.462. The van der Waals surface area contributed by atoms with Crippen LogP contribution in [0.25, 0.3) is 0 Å². The summed E-state index contributed by atoms with van der Waals surface area (Å²) in [6.45, 7) is 7.64. The second-order valence-corrected chi connectivity index (χ2v) is 11.7. The maximum absolute atomic E-state index is 13.3. The molecule has 2 amide bonds. The van der Waals surface area contributed by atoms with Crippen LogP contribution in [0.1, 0.15) is 51.2 Å². The third kappa shape index (κ3) is 8.39. The molecular formula is C26H35Cl2N3O4S. The molecule has 0 aliphatic rings. The summed E-state index contributed by atoms with van der Waals surface area (Å²) >= 11 is 12.3. The van der Waals surface area contributed by atoms with Crippen molar-refractivity contribution in [2.24, 2.45) is 0 Å². The zero-order valence-electron chi connectivity index (χ0n) is 21.4. The van der Waals surface area contributed by atoms with Crippen molar-refractivity contribution in [1.29, 1.82) is 0 Å². The van der Waals surface area contributed by atoms with E-state index in [4.69, 9.17) is 23.2 Å². The molecule has 0 spiro atoms. The van der Waals surface area contributed by atoms with E-state index in [1.54, 1.807) is 50.2 Å². The normalized spacial score (nSPS) is 13.1. The lowest BCUT2D eigenvalue weighted by molar-refractivity contribution is -0.140. The van der Waals surface area contributed by atoms with Gasteiger partial charge < -0.3 is 10.2 Å². The number of carbonyl (C=O) groups excluding carboxylic acids is 2. The Balaban J connectivity index is 2.21. The summed E-state index contributed by atoms with van der Waals surface area (Å²) in [6, 6.07) is 11.5. The molecule has 2 atom stereocenters. The quantitative estimate of drug-likeness (QED) is 0.391. The predicted molar refractivity (Wildman–Crippen MR) is 147 cm³/mol. The highest BCUT2D eigenvalue weighted by Gasteiger charge is 2.27. The molecule has 0 aliphatic carbocycles. The molecule has 2 aromatic rings. The number of hydrogen-bond acceptors (Lipinski definition) is 4. The van der Waals surface area contributed by atoms with Gasteiger partial charge in [-0.2, -0.15) is 0 Å². The molecule has 0 fully saturated rings. The predicted octanol–water partition coefficient (Wildman–Crippen LogP) is 5.18. The van der Waals surface area contributed by atoms with Gasteiger partial charge in [0.1, 0.15) is 6.04 Å². The molecule has 2 unspecified atom stereocenters. The van der Waals surface area contributed by atoms with E-state index >= 15 is 0 Å². The van der Waals surface area contributed by atoms with Gasteiger partial charge in [0, 0.05) is 35.6 Å². The van der Waals surface area contributed by atoms with Crippen LogP contribution in [-0.2, 0) is 26.2 Å². The van der Waals surface area contributed by atoms with Crippen LogP contribution in [0.2, 0.25) is 10.0 Å². The number of halogens is 2. The molecule has 0 heterocycles. The topological polar surface area (TPSA) is 86.8 Å². The molecule has 2 rings (SSSR count). The standard InChI is InChI=1S/C26H35Cl2N3O4S/c1-6-18(2)29-26(33)20(4)30(17-21-10-7-11-22(27)16-21)25(32)14-9-15-31(36(5,34)35)24-13-8-12-23(28)19(24)3/h7-8,10-13,16,18,20H,6,9,14-15,17H2,1-5H3,(H,29,33). The summed E-state index contributed by atoms with van der Waals surface area (Å²) in [5.41, 5.74) is 1.93. The largest absolute Gasteiger partial charge is 0.352 e. The van der Waals surface area contributed by atoms with Crippen molar-refractivity contribution in [2.75, 3.05) is 17.1 Å². The van der Waals surface area contributed by atoms with Gasteiger partial charge in [0.25, 0.3) is 0 Å². The second kappa shape index (κ2) is 13.3. The number of benzene rings is 2. The molecule has 0 saturated carbocycles. The van der Waals surface area contributed by atoms with E-state index in [9.17, 15) is 18.0 Å². The Morgan fingerprint density at radius 2 is 1.75 bits per heavy atom. The molecule has 1 N–H and O–H groups in total. The Morgan fingerprint density at radius 3 is 2.36 bits per heavy atom. The molecule has 0 radical (unpaired) electrons. The van der Waals surface area contributed by atoms with Crippen LogP contribution in [0, 0.1) is 6.92 Å². The average Bonchev–Trinajstić information content (AvgIpc) is 2.81. The molecular weight excluding hydrogens is 521 g/mol. The van der Waals surface area contributed by atoms with E-state index in [1.807, 2.05) is 19.9 Å². The minimum Gasteiger partial charge on any atom is -0.352 e. The van der Waals surface area contributed by atoms with Gasteiger partial charge in [-0.1, -0.05) is 48.3 Å². The van der Waals surface area contributed by atoms with Gasteiger partial charge >= 0.3 is 0 Å².